The van der Waals surface area contributed by atoms with Gasteiger partial charge in [0.05, 0.1) is 66.4 Å². The number of methoxy groups -OCH3 is 3. The van der Waals surface area contributed by atoms with Crippen LogP contribution in [0.25, 0.3) is 38.5 Å². The van der Waals surface area contributed by atoms with Gasteiger partial charge in [-0.3, -0.25) is 0 Å². The molecule has 12 aromatic rings. The zero-order valence-corrected chi connectivity index (χ0v) is 60.3. The van der Waals surface area contributed by atoms with Crippen LogP contribution in [0.5, 0.6) is 23.0 Å². The summed E-state index contributed by atoms with van der Waals surface area (Å²) < 4.78 is 170. The molecule has 107 heavy (non-hydrogen) atoms. The summed E-state index contributed by atoms with van der Waals surface area (Å²) >= 11 is 23.3. The molecule has 5 aromatic heterocycles. The zero-order chi connectivity index (χ0) is 77.5. The lowest BCUT2D eigenvalue weighted by Gasteiger charge is -2.17. The van der Waals surface area contributed by atoms with E-state index in [1.165, 1.54) is 88.1 Å². The summed E-state index contributed by atoms with van der Waals surface area (Å²) in [5, 5.41) is 44.6. The molecule has 0 saturated carbocycles. The largest absolute Gasteiger partial charge is 0.497 e. The maximum atomic E-state index is 13.4. The number of anilines is 3. The van der Waals surface area contributed by atoms with Crippen molar-refractivity contribution < 1.29 is 66.9 Å². The monoisotopic (exact) mass is 1570 g/mol. The number of hydrogen-bond acceptors (Lipinski definition) is 18. The number of nitriles is 3. The molecule has 7 aromatic carbocycles. The first-order chi connectivity index (χ1) is 50.8. The van der Waals surface area contributed by atoms with Gasteiger partial charge in [0.1, 0.15) is 64.5 Å². The maximum Gasteiger partial charge on any atom is 0.434 e. The number of fused-ring (bicyclic) bond motifs is 4. The van der Waals surface area contributed by atoms with Crippen LogP contribution in [-0.4, -0.2) is 84.0 Å². The van der Waals surface area contributed by atoms with E-state index in [-0.39, 0.29) is 64.7 Å². The minimum atomic E-state index is -4.77. The molecule has 552 valence electrons. The average Bonchev–Trinajstić information content (AvgIpc) is 1.25. The van der Waals surface area contributed by atoms with Crippen molar-refractivity contribution in [1.29, 1.82) is 15.8 Å². The van der Waals surface area contributed by atoms with Gasteiger partial charge >= 0.3 is 18.5 Å². The molecule has 34 heteroatoms. The third-order valence-electron chi connectivity index (χ3n) is 15.4. The Morgan fingerprint density at radius 3 is 1.26 bits per heavy atom. The van der Waals surface area contributed by atoms with Crippen LogP contribution < -0.4 is 39.6 Å². The number of halogens is 13. The molecule has 0 atom stereocenters. The standard InChI is InChI=1S/C20H15ClF3N3O2.C20H15ClF3N3O.C19H13ClF3N3O.C14H14ClN5O2S/c1-28-14-6-7-17-15(10-14)18(16(11-25)19(27-17)20(22,23)24)26-8-9-29-13-4-2-12(21)3-5-13;1-28-14-6-7-17-15(10-14)18(16(11-25)19(27-17)20(22,23)24)26-9-8-12-2-4-13(21)5-3-12;1-27-13-6-7-16-14(8-13)17(15(9-24)18(26-16)19(21,22)23)25-10-11-2-4-12(20)5-3-11;1-9-7-10(2)20-14(17-9)18-13(19-20)8-16-23(21,22)12-5-3-11(15)4-6-12/h2-7,10H,8-9H2,1H3,(H,26,27);2-7,10H,8-9H2,1H3,(H,26,27);2-8H,10H2,1H3,(H,25,26);3-7,16H,8H2,1-2H3. The quantitative estimate of drug-likeness (QED) is 0.0433. The number of sulfonamides is 1. The van der Waals surface area contributed by atoms with E-state index in [1.807, 2.05) is 32.0 Å². The van der Waals surface area contributed by atoms with Crippen molar-refractivity contribution >= 4 is 112 Å². The first-order valence-electron chi connectivity index (χ1n) is 31.4. The van der Waals surface area contributed by atoms with E-state index in [2.05, 4.69) is 50.7 Å². The summed E-state index contributed by atoms with van der Waals surface area (Å²) in [6.45, 7) is 4.57. The molecular weight excluding hydrogens is 1510 g/mol. The Hall–Kier alpha value is -11.2. The first-order valence-corrected chi connectivity index (χ1v) is 34.4. The van der Waals surface area contributed by atoms with Crippen molar-refractivity contribution in [2.75, 3.05) is 57.0 Å². The number of rotatable bonds is 19. The van der Waals surface area contributed by atoms with Crippen molar-refractivity contribution in [1.82, 2.24) is 39.3 Å². The van der Waals surface area contributed by atoms with E-state index >= 15 is 0 Å². The fourth-order valence-corrected chi connectivity index (χ4v) is 11.9. The van der Waals surface area contributed by atoms with Gasteiger partial charge in [-0.05, 0) is 165 Å². The second-order valence-corrected chi connectivity index (χ2v) is 26.2. The SMILES string of the molecule is COc1ccc2nc(C(F)(F)F)c(C#N)c(NCCOc3ccc(Cl)cc3)c2c1.COc1ccc2nc(C(F)(F)F)c(C#N)c(NCCc3ccc(Cl)cc3)c2c1.COc1ccc2nc(C(F)(F)F)c(C#N)c(NCc3ccc(Cl)cc3)c2c1.Cc1cc(C)n2nc(CNS(=O)(=O)c3ccc(Cl)cc3)nc2n1. The van der Waals surface area contributed by atoms with E-state index in [0.29, 0.717) is 83.8 Å². The van der Waals surface area contributed by atoms with Crippen LogP contribution in [0.15, 0.2) is 163 Å². The van der Waals surface area contributed by atoms with Gasteiger partial charge in [-0.25, -0.2) is 37.6 Å². The summed E-state index contributed by atoms with van der Waals surface area (Å²) in [6, 6.07) is 46.9. The van der Waals surface area contributed by atoms with Gasteiger partial charge in [0.25, 0.3) is 5.78 Å². The lowest BCUT2D eigenvalue weighted by atomic mass is 10.0. The Kier molecular flexibility index (Phi) is 26.0. The van der Waals surface area contributed by atoms with Crippen LogP contribution in [-0.2, 0) is 48.1 Å². The Morgan fingerprint density at radius 1 is 0.467 bits per heavy atom. The lowest BCUT2D eigenvalue weighted by molar-refractivity contribution is -0.141. The highest BCUT2D eigenvalue weighted by molar-refractivity contribution is 7.89. The van der Waals surface area contributed by atoms with Crippen molar-refractivity contribution in [2.45, 2.75) is 56.8 Å². The second-order valence-electron chi connectivity index (χ2n) is 22.7. The third-order valence-corrected chi connectivity index (χ3v) is 17.8. The number of pyridine rings is 3. The molecule has 5 heterocycles. The van der Waals surface area contributed by atoms with Crippen LogP contribution in [0.3, 0.4) is 0 Å². The number of aryl methyl sites for hydroxylation is 2. The minimum Gasteiger partial charge on any atom is -0.497 e. The molecule has 0 amide bonds. The molecule has 0 aliphatic heterocycles. The topological polar surface area (TPSA) is 272 Å². The summed E-state index contributed by atoms with van der Waals surface area (Å²) in [5.41, 5.74) is -1.36. The van der Waals surface area contributed by atoms with E-state index in [9.17, 15) is 63.7 Å². The molecule has 0 radical (unpaired) electrons. The van der Waals surface area contributed by atoms with Gasteiger partial charge in [-0.1, -0.05) is 70.7 Å². The van der Waals surface area contributed by atoms with Gasteiger partial charge in [0, 0.05) is 67.3 Å². The summed E-state index contributed by atoms with van der Waals surface area (Å²) in [7, 11) is 0.697. The second kappa shape index (κ2) is 34.8. The first kappa shape index (κ1) is 79.9. The molecule has 0 saturated heterocycles. The Balaban J connectivity index is 0.000000165. The highest BCUT2D eigenvalue weighted by atomic mass is 35.5. The van der Waals surface area contributed by atoms with Gasteiger partial charge in [0.15, 0.2) is 22.9 Å². The number of aromatic nitrogens is 7. The molecule has 12 rings (SSSR count). The van der Waals surface area contributed by atoms with Gasteiger partial charge in [0.2, 0.25) is 10.0 Å². The summed E-state index contributed by atoms with van der Waals surface area (Å²) in [5.74, 6) is 2.70. The highest BCUT2D eigenvalue weighted by Crippen LogP contribution is 2.42. The predicted molar refractivity (Wildman–Crippen MR) is 388 cm³/mol. The molecule has 0 spiro atoms. The molecule has 0 unspecified atom stereocenters. The number of nitrogens with one attached hydrogen (secondary N) is 4. The Bertz CT molecular complexity index is 5460. The fourth-order valence-electron chi connectivity index (χ4n) is 10.4. The van der Waals surface area contributed by atoms with E-state index in [4.69, 9.17) is 65.4 Å². The molecule has 0 fully saturated rings. The minimum absolute atomic E-state index is 0.0210. The number of ether oxygens (including phenoxy) is 4. The molecular formula is C73H57Cl4F9N14O6S. The zero-order valence-electron chi connectivity index (χ0n) is 56.5. The van der Waals surface area contributed by atoms with E-state index < -0.39 is 62.3 Å². The van der Waals surface area contributed by atoms with E-state index in [0.717, 1.165) is 22.5 Å². The van der Waals surface area contributed by atoms with Crippen molar-refractivity contribution in [2.24, 2.45) is 0 Å². The number of nitrogens with zero attached hydrogens (tertiary/aromatic N) is 10. The Labute approximate surface area is 625 Å². The fraction of sp³-hybridized carbons (Fsp3) is 0.192. The maximum absolute atomic E-state index is 13.4. The van der Waals surface area contributed by atoms with Crippen LogP contribution in [0, 0.1) is 47.8 Å². The van der Waals surface area contributed by atoms with Gasteiger partial charge in [-0.15, -0.1) is 5.10 Å². The van der Waals surface area contributed by atoms with Crippen LogP contribution in [0.1, 0.15) is 62.1 Å². The normalized spacial score (nSPS) is 11.4. The molecule has 4 N–H and O–H groups in total. The average molecular weight is 1570 g/mol. The summed E-state index contributed by atoms with van der Waals surface area (Å²) in [6.07, 6.45) is -13.7. The van der Waals surface area contributed by atoms with E-state index in [1.54, 1.807) is 95.5 Å². The third kappa shape index (κ3) is 20.5. The molecule has 0 bridgehead atoms. The lowest BCUT2D eigenvalue weighted by Crippen LogP contribution is -2.23. The summed E-state index contributed by atoms with van der Waals surface area (Å²) in [4.78, 5) is 19.6. The molecule has 20 nitrogen and oxygen atoms in total. The van der Waals surface area contributed by atoms with Crippen LogP contribution >= 0.6 is 46.4 Å². The van der Waals surface area contributed by atoms with Gasteiger partial charge < -0.3 is 34.9 Å². The smallest absolute Gasteiger partial charge is 0.434 e. The molecule has 0 aliphatic carbocycles. The molecule has 0 aliphatic rings. The predicted octanol–water partition coefficient (Wildman–Crippen LogP) is 18.0. The highest BCUT2D eigenvalue weighted by Gasteiger charge is 2.40. The van der Waals surface area contributed by atoms with Gasteiger partial charge in [-0.2, -0.15) is 60.3 Å². The number of benzene rings is 7. The van der Waals surface area contributed by atoms with Crippen molar-refractivity contribution in [3.8, 4) is 41.2 Å². The van der Waals surface area contributed by atoms with Crippen LogP contribution in [0.2, 0.25) is 20.1 Å². The number of alkyl halides is 9. The van der Waals surface area contributed by atoms with Crippen LogP contribution in [0.4, 0.5) is 56.6 Å². The van der Waals surface area contributed by atoms with Crippen molar-refractivity contribution in [3.05, 3.63) is 240 Å². The Morgan fingerprint density at radius 2 is 0.850 bits per heavy atom. The number of hydrogen-bond donors (Lipinski definition) is 4. The van der Waals surface area contributed by atoms with Crippen molar-refractivity contribution in [3.63, 3.8) is 0 Å².